The minimum Gasteiger partial charge on any atom is -0.494 e. The quantitative estimate of drug-likeness (QED) is 0.251. The van der Waals surface area contributed by atoms with Gasteiger partial charge in [0.1, 0.15) is 10.9 Å². The number of rotatable bonds is 8. The Bertz CT molecular complexity index is 1690. The van der Waals surface area contributed by atoms with Gasteiger partial charge in [0.15, 0.2) is 5.60 Å². The number of ether oxygens (including phenoxy) is 1. The Balaban J connectivity index is 1.82. The molecule has 7 nitrogen and oxygen atoms in total. The van der Waals surface area contributed by atoms with Crippen molar-refractivity contribution in [3.8, 4) is 16.9 Å². The van der Waals surface area contributed by atoms with Crippen LogP contribution in [0.1, 0.15) is 37.6 Å². The molecule has 0 saturated heterocycles. The number of hydrogen-bond acceptors (Lipinski definition) is 5. The number of nitrogens with zero attached hydrogens (tertiary/aromatic N) is 4. The largest absolute Gasteiger partial charge is 0.494 e. The molecule has 3 heterocycles. The lowest BCUT2D eigenvalue weighted by Crippen LogP contribution is -2.31. The molecule has 8 heteroatoms. The normalized spacial score (nSPS) is 13.1. The zero-order valence-corrected chi connectivity index (χ0v) is 23.2. The van der Waals surface area contributed by atoms with E-state index in [1.807, 2.05) is 56.4 Å². The molecule has 0 radical (unpaired) electrons. The van der Waals surface area contributed by atoms with E-state index in [1.165, 1.54) is 0 Å². The van der Waals surface area contributed by atoms with Crippen LogP contribution in [0.4, 0.5) is 0 Å². The molecule has 0 fully saturated rings. The summed E-state index contributed by atoms with van der Waals surface area (Å²) in [5, 5.41) is 13.6. The Morgan fingerprint density at radius 1 is 1.05 bits per heavy atom. The third kappa shape index (κ3) is 4.95. The number of pyridine rings is 2. The first-order valence-corrected chi connectivity index (χ1v) is 13.3. The van der Waals surface area contributed by atoms with E-state index in [-0.39, 0.29) is 11.5 Å². The molecule has 1 atom stereocenters. The molecule has 0 aliphatic carbocycles. The maximum atomic E-state index is 13.4. The van der Waals surface area contributed by atoms with Crippen LogP contribution in [0.2, 0.25) is 5.15 Å². The Morgan fingerprint density at radius 2 is 1.85 bits per heavy atom. The summed E-state index contributed by atoms with van der Waals surface area (Å²) in [6.45, 7) is 7.21. The molecular formula is C31H31ClN4O3. The van der Waals surface area contributed by atoms with Crippen molar-refractivity contribution in [3.63, 3.8) is 0 Å². The number of hydrogen-bond donors (Lipinski definition) is 1. The van der Waals surface area contributed by atoms with Gasteiger partial charge in [-0.05, 0) is 59.9 Å². The monoisotopic (exact) mass is 542 g/mol. The van der Waals surface area contributed by atoms with Gasteiger partial charge in [0.05, 0.1) is 30.3 Å². The van der Waals surface area contributed by atoms with Crippen LogP contribution in [0.15, 0.2) is 84.2 Å². The van der Waals surface area contributed by atoms with Gasteiger partial charge < -0.3 is 19.0 Å². The van der Waals surface area contributed by atoms with E-state index in [9.17, 15) is 9.90 Å². The van der Waals surface area contributed by atoms with Crippen LogP contribution in [0.3, 0.4) is 0 Å². The Morgan fingerprint density at radius 3 is 2.51 bits per heavy atom. The lowest BCUT2D eigenvalue weighted by molar-refractivity contribution is 0.117. The van der Waals surface area contributed by atoms with Crippen molar-refractivity contribution in [2.75, 3.05) is 6.61 Å². The highest BCUT2D eigenvalue weighted by Crippen LogP contribution is 2.39. The second-order valence-corrected chi connectivity index (χ2v) is 10.5. The summed E-state index contributed by atoms with van der Waals surface area (Å²) < 4.78 is 9.32. The van der Waals surface area contributed by atoms with Gasteiger partial charge in [-0.2, -0.15) is 0 Å². The van der Waals surface area contributed by atoms with Crippen LogP contribution in [-0.2, 0) is 19.2 Å². The van der Waals surface area contributed by atoms with E-state index in [0.717, 1.165) is 27.8 Å². The molecule has 0 amide bonds. The highest BCUT2D eigenvalue weighted by Gasteiger charge is 2.37. The fraction of sp³-hybridized carbons (Fsp3) is 0.258. The van der Waals surface area contributed by atoms with Gasteiger partial charge in [-0.1, -0.05) is 49.7 Å². The molecule has 0 aliphatic rings. The zero-order valence-electron chi connectivity index (χ0n) is 22.4. The summed E-state index contributed by atoms with van der Waals surface area (Å²) in [5.41, 5.74) is 2.48. The fourth-order valence-electron chi connectivity index (χ4n) is 5.08. The number of benzene rings is 2. The topological polar surface area (TPSA) is 82.2 Å². The molecule has 0 aliphatic heterocycles. The predicted molar refractivity (Wildman–Crippen MR) is 154 cm³/mol. The minimum atomic E-state index is -1.58. The SMILES string of the molecule is CCOc1cccc(-c2cc(=O)n(CC(C)C)c3ccc(C(O)(c4ccc(Cl)nc4)c4cncn4C)cc23)c1. The average Bonchev–Trinajstić information content (AvgIpc) is 3.36. The molecule has 5 rings (SSSR count). The first kappa shape index (κ1) is 26.7. The van der Waals surface area contributed by atoms with Gasteiger partial charge in [-0.25, -0.2) is 9.97 Å². The Kier molecular flexibility index (Phi) is 7.30. The van der Waals surface area contributed by atoms with Gasteiger partial charge in [0, 0.05) is 36.8 Å². The first-order chi connectivity index (χ1) is 18.7. The summed E-state index contributed by atoms with van der Waals surface area (Å²) in [4.78, 5) is 21.9. The van der Waals surface area contributed by atoms with E-state index in [1.54, 1.807) is 46.1 Å². The summed E-state index contributed by atoms with van der Waals surface area (Å²) in [6.07, 6.45) is 4.87. The van der Waals surface area contributed by atoms with Crippen LogP contribution >= 0.6 is 11.6 Å². The number of aromatic nitrogens is 4. The number of aliphatic hydroxyl groups is 1. The highest BCUT2D eigenvalue weighted by atomic mass is 35.5. The van der Waals surface area contributed by atoms with Crippen LogP contribution in [0, 0.1) is 5.92 Å². The molecule has 0 bridgehead atoms. The van der Waals surface area contributed by atoms with E-state index in [2.05, 4.69) is 23.8 Å². The third-order valence-electron chi connectivity index (χ3n) is 6.87. The lowest BCUT2D eigenvalue weighted by atomic mass is 9.83. The van der Waals surface area contributed by atoms with Crippen LogP contribution < -0.4 is 10.3 Å². The predicted octanol–water partition coefficient (Wildman–Crippen LogP) is 5.79. The second kappa shape index (κ2) is 10.7. The summed E-state index contributed by atoms with van der Waals surface area (Å²) in [5.74, 6) is 0.994. The van der Waals surface area contributed by atoms with Crippen molar-refractivity contribution in [2.45, 2.75) is 32.9 Å². The second-order valence-electron chi connectivity index (χ2n) is 10.1. The molecule has 39 heavy (non-hydrogen) atoms. The molecule has 200 valence electrons. The van der Waals surface area contributed by atoms with Crippen LogP contribution in [-0.4, -0.2) is 30.8 Å². The van der Waals surface area contributed by atoms with Crippen molar-refractivity contribution in [1.82, 2.24) is 19.1 Å². The number of fused-ring (bicyclic) bond motifs is 1. The minimum absolute atomic E-state index is 0.0791. The van der Waals surface area contributed by atoms with Crippen molar-refractivity contribution < 1.29 is 9.84 Å². The summed E-state index contributed by atoms with van der Waals surface area (Å²) in [7, 11) is 1.84. The maximum Gasteiger partial charge on any atom is 0.251 e. The zero-order chi connectivity index (χ0) is 27.7. The Hall–Kier alpha value is -3.94. The van der Waals surface area contributed by atoms with Crippen LogP contribution in [0.25, 0.3) is 22.0 Å². The van der Waals surface area contributed by atoms with Crippen molar-refractivity contribution in [2.24, 2.45) is 13.0 Å². The van der Waals surface area contributed by atoms with Gasteiger partial charge >= 0.3 is 0 Å². The van der Waals surface area contributed by atoms with E-state index < -0.39 is 5.60 Å². The van der Waals surface area contributed by atoms with Crippen molar-refractivity contribution in [1.29, 1.82) is 0 Å². The maximum absolute atomic E-state index is 13.4. The first-order valence-electron chi connectivity index (χ1n) is 12.9. The number of imidazole rings is 1. The van der Waals surface area contributed by atoms with Crippen molar-refractivity contribution >= 4 is 22.5 Å². The lowest BCUT2D eigenvalue weighted by Gasteiger charge is -2.30. The summed E-state index contributed by atoms with van der Waals surface area (Å²) in [6, 6.07) is 18.5. The molecule has 0 spiro atoms. The highest BCUT2D eigenvalue weighted by molar-refractivity contribution is 6.29. The van der Waals surface area contributed by atoms with E-state index in [0.29, 0.717) is 35.1 Å². The third-order valence-corrected chi connectivity index (χ3v) is 7.09. The molecular weight excluding hydrogens is 512 g/mol. The van der Waals surface area contributed by atoms with Gasteiger partial charge in [0.25, 0.3) is 5.56 Å². The van der Waals surface area contributed by atoms with E-state index in [4.69, 9.17) is 16.3 Å². The number of halogens is 1. The molecule has 0 saturated carbocycles. The smallest absolute Gasteiger partial charge is 0.251 e. The Labute approximate surface area is 232 Å². The van der Waals surface area contributed by atoms with E-state index >= 15 is 0 Å². The van der Waals surface area contributed by atoms with Gasteiger partial charge in [0.2, 0.25) is 0 Å². The molecule has 5 aromatic rings. The number of aryl methyl sites for hydroxylation is 1. The molecule has 2 aromatic carbocycles. The van der Waals surface area contributed by atoms with Gasteiger partial charge in [-0.15, -0.1) is 0 Å². The van der Waals surface area contributed by atoms with Gasteiger partial charge in [-0.3, -0.25) is 4.79 Å². The molecule has 3 aromatic heterocycles. The standard InChI is InChI=1S/C31H31ClN4O3/c1-5-39-24-8-6-7-21(13-24)25-15-30(37)36(18-20(2)3)27-11-9-22(14-26(25)27)31(38,28-17-33-19-35(28)4)23-10-12-29(32)34-16-23/h6-17,19-20,38H,5,18H2,1-4H3. The fourth-order valence-corrected chi connectivity index (χ4v) is 5.19. The van der Waals surface area contributed by atoms with Crippen molar-refractivity contribution in [3.05, 3.63) is 112 Å². The average molecular weight is 543 g/mol. The summed E-state index contributed by atoms with van der Waals surface area (Å²) >= 11 is 6.09. The van der Waals surface area contributed by atoms with Crippen LogP contribution in [0.5, 0.6) is 5.75 Å². The molecule has 1 N–H and O–H groups in total. The molecule has 1 unspecified atom stereocenters.